The predicted octanol–water partition coefficient (Wildman–Crippen LogP) is 0.774. The van der Waals surface area contributed by atoms with Gasteiger partial charge in [-0.2, -0.15) is 12.6 Å². The monoisotopic (exact) mass is 512 g/mol. The minimum atomic E-state index is -1.15. The van der Waals surface area contributed by atoms with E-state index in [0.29, 0.717) is 19.4 Å². The third kappa shape index (κ3) is 7.32. The van der Waals surface area contributed by atoms with E-state index in [-0.39, 0.29) is 18.6 Å². The van der Waals surface area contributed by atoms with Crippen molar-refractivity contribution < 1.29 is 24.3 Å². The largest absolute Gasteiger partial charge is 0.480 e. The lowest BCUT2D eigenvalue weighted by molar-refractivity contribution is -0.144. The first kappa shape index (κ1) is 27.2. The average Bonchev–Trinajstić information content (AvgIpc) is 3.38. The maximum atomic E-state index is 13.6. The molecule has 0 saturated carbocycles. The zero-order valence-electron chi connectivity index (χ0n) is 19.9. The van der Waals surface area contributed by atoms with Crippen LogP contribution in [-0.4, -0.2) is 70.2 Å². The highest BCUT2D eigenvalue weighted by Gasteiger charge is 2.39. The van der Waals surface area contributed by atoms with Gasteiger partial charge >= 0.3 is 5.97 Å². The first-order valence-corrected chi connectivity index (χ1v) is 12.5. The van der Waals surface area contributed by atoms with Crippen LogP contribution in [0, 0.1) is 0 Å². The lowest BCUT2D eigenvalue weighted by Crippen LogP contribution is -2.57. The van der Waals surface area contributed by atoms with Gasteiger partial charge in [-0.3, -0.25) is 14.4 Å². The summed E-state index contributed by atoms with van der Waals surface area (Å²) in [5, 5.41) is 15.0. The molecule has 4 atom stereocenters. The number of likely N-dealkylation sites (tertiary alicyclic amines) is 1. The second-order valence-electron chi connectivity index (χ2n) is 8.82. The van der Waals surface area contributed by atoms with Crippen LogP contribution in [0.3, 0.4) is 0 Å². The summed E-state index contributed by atoms with van der Waals surface area (Å²) in [6.45, 7) is 0.327. The van der Waals surface area contributed by atoms with Crippen molar-refractivity contribution >= 4 is 36.3 Å². The Morgan fingerprint density at radius 3 is 2.03 bits per heavy atom. The third-order valence-corrected chi connectivity index (χ3v) is 6.56. The highest BCUT2D eigenvalue weighted by Crippen LogP contribution is 2.20. The number of rotatable bonds is 11. The van der Waals surface area contributed by atoms with E-state index in [1.54, 1.807) is 24.3 Å². The summed E-state index contributed by atoms with van der Waals surface area (Å²) in [6.07, 6.45) is 1.33. The standard InChI is InChI=1S/C26H32N4O5S/c27-19(16-36)23(31)28-20(14-17-8-3-1-4-9-17)25(33)30-13-7-12-22(30)24(32)29-21(26(34)35)15-18-10-5-2-6-11-18/h1-6,8-11,19-22,36H,7,12-16,27H2,(H,28,31)(H,29,32)(H,34,35). The molecule has 0 aromatic heterocycles. The van der Waals surface area contributed by atoms with Crippen LogP contribution in [0.2, 0.25) is 0 Å². The molecule has 5 N–H and O–H groups in total. The highest BCUT2D eigenvalue weighted by atomic mass is 32.1. The molecule has 1 heterocycles. The molecule has 1 fully saturated rings. The van der Waals surface area contributed by atoms with Crippen LogP contribution in [0.15, 0.2) is 60.7 Å². The molecule has 2 aromatic carbocycles. The maximum Gasteiger partial charge on any atom is 0.326 e. The zero-order valence-corrected chi connectivity index (χ0v) is 20.8. The number of hydrogen-bond donors (Lipinski definition) is 5. The molecular weight excluding hydrogens is 480 g/mol. The molecule has 4 unspecified atom stereocenters. The molecule has 3 amide bonds. The second kappa shape index (κ2) is 13.1. The number of amides is 3. The summed E-state index contributed by atoms with van der Waals surface area (Å²) in [5.74, 6) is -2.48. The van der Waals surface area contributed by atoms with Crippen molar-refractivity contribution in [2.75, 3.05) is 12.3 Å². The number of carboxylic acids is 1. The van der Waals surface area contributed by atoms with Crippen molar-refractivity contribution in [2.45, 2.75) is 49.9 Å². The van der Waals surface area contributed by atoms with Gasteiger partial charge in [0.25, 0.3) is 0 Å². The smallest absolute Gasteiger partial charge is 0.326 e. The number of carbonyl (C=O) groups excluding carboxylic acids is 3. The molecule has 2 aromatic rings. The Bertz CT molecular complexity index is 1050. The molecule has 9 nitrogen and oxygen atoms in total. The summed E-state index contributed by atoms with van der Waals surface area (Å²) in [6, 6.07) is 14.5. The molecule has 36 heavy (non-hydrogen) atoms. The van der Waals surface area contributed by atoms with Crippen LogP contribution < -0.4 is 16.4 Å². The van der Waals surface area contributed by atoms with Crippen molar-refractivity contribution in [1.29, 1.82) is 0 Å². The van der Waals surface area contributed by atoms with Crippen molar-refractivity contribution in [3.05, 3.63) is 71.8 Å². The van der Waals surface area contributed by atoms with E-state index in [2.05, 4.69) is 23.3 Å². The molecular formula is C26H32N4O5S. The number of carboxylic acid groups (broad SMARTS) is 1. The van der Waals surface area contributed by atoms with Crippen LogP contribution in [0.5, 0.6) is 0 Å². The Morgan fingerprint density at radius 1 is 0.944 bits per heavy atom. The van der Waals surface area contributed by atoms with E-state index in [4.69, 9.17) is 5.73 Å². The van der Waals surface area contributed by atoms with Crippen LogP contribution in [-0.2, 0) is 32.0 Å². The van der Waals surface area contributed by atoms with E-state index < -0.39 is 47.9 Å². The highest BCUT2D eigenvalue weighted by molar-refractivity contribution is 7.80. The molecule has 0 spiro atoms. The molecule has 1 aliphatic heterocycles. The van der Waals surface area contributed by atoms with Crippen LogP contribution in [0.25, 0.3) is 0 Å². The Hall–Kier alpha value is -3.37. The third-order valence-electron chi connectivity index (χ3n) is 6.17. The van der Waals surface area contributed by atoms with E-state index in [9.17, 15) is 24.3 Å². The first-order chi connectivity index (χ1) is 17.3. The van der Waals surface area contributed by atoms with Crippen molar-refractivity contribution in [2.24, 2.45) is 5.73 Å². The van der Waals surface area contributed by atoms with Gasteiger partial charge in [-0.05, 0) is 24.0 Å². The van der Waals surface area contributed by atoms with Gasteiger partial charge in [0.05, 0.1) is 6.04 Å². The quantitative estimate of drug-likeness (QED) is 0.282. The molecule has 1 saturated heterocycles. The number of hydrogen-bond acceptors (Lipinski definition) is 6. The lowest BCUT2D eigenvalue weighted by atomic mass is 10.0. The van der Waals surface area contributed by atoms with Crippen molar-refractivity contribution in [1.82, 2.24) is 15.5 Å². The van der Waals surface area contributed by atoms with Gasteiger partial charge in [-0.15, -0.1) is 0 Å². The summed E-state index contributed by atoms with van der Waals surface area (Å²) in [5.41, 5.74) is 7.41. The molecule has 0 radical (unpaired) electrons. The van der Waals surface area contributed by atoms with Gasteiger partial charge in [0.1, 0.15) is 18.1 Å². The number of carbonyl (C=O) groups is 4. The van der Waals surface area contributed by atoms with Crippen LogP contribution in [0.1, 0.15) is 24.0 Å². The Balaban J connectivity index is 1.75. The zero-order chi connectivity index (χ0) is 26.1. The van der Waals surface area contributed by atoms with E-state index >= 15 is 0 Å². The first-order valence-electron chi connectivity index (χ1n) is 11.9. The molecule has 192 valence electrons. The predicted molar refractivity (Wildman–Crippen MR) is 138 cm³/mol. The summed E-state index contributed by atoms with van der Waals surface area (Å²) in [7, 11) is 0. The number of nitrogens with one attached hydrogen (secondary N) is 2. The van der Waals surface area contributed by atoms with E-state index in [1.807, 2.05) is 36.4 Å². The van der Waals surface area contributed by atoms with Gasteiger partial charge in [-0.25, -0.2) is 4.79 Å². The minimum absolute atomic E-state index is 0.116. The molecule has 0 bridgehead atoms. The number of nitrogens with two attached hydrogens (primary N) is 1. The van der Waals surface area contributed by atoms with Gasteiger partial charge in [0.15, 0.2) is 0 Å². The van der Waals surface area contributed by atoms with Gasteiger partial charge < -0.3 is 26.4 Å². The molecule has 1 aliphatic rings. The Morgan fingerprint density at radius 2 is 1.50 bits per heavy atom. The summed E-state index contributed by atoms with van der Waals surface area (Å²) in [4.78, 5) is 52.5. The summed E-state index contributed by atoms with van der Waals surface area (Å²) < 4.78 is 0. The van der Waals surface area contributed by atoms with E-state index in [1.165, 1.54) is 4.90 Å². The fraction of sp³-hybridized carbons (Fsp3) is 0.385. The number of nitrogens with zero attached hydrogens (tertiary/aromatic N) is 1. The average molecular weight is 513 g/mol. The Labute approximate surface area is 215 Å². The lowest BCUT2D eigenvalue weighted by Gasteiger charge is -2.30. The van der Waals surface area contributed by atoms with Gasteiger partial charge in [0.2, 0.25) is 17.7 Å². The molecule has 0 aliphatic carbocycles. The van der Waals surface area contributed by atoms with Crippen LogP contribution in [0.4, 0.5) is 0 Å². The number of thiol groups is 1. The van der Waals surface area contributed by atoms with E-state index in [0.717, 1.165) is 11.1 Å². The van der Waals surface area contributed by atoms with Crippen molar-refractivity contribution in [3.8, 4) is 0 Å². The SMILES string of the molecule is NC(CS)C(=O)NC(Cc1ccccc1)C(=O)N1CCCC1C(=O)NC(Cc1ccccc1)C(=O)O. The van der Waals surface area contributed by atoms with Gasteiger partial charge in [-0.1, -0.05) is 60.7 Å². The molecule has 3 rings (SSSR count). The van der Waals surface area contributed by atoms with Gasteiger partial charge in [0, 0.05) is 25.1 Å². The summed E-state index contributed by atoms with van der Waals surface area (Å²) >= 11 is 4.06. The minimum Gasteiger partial charge on any atom is -0.480 e. The molecule has 10 heteroatoms. The topological polar surface area (TPSA) is 142 Å². The van der Waals surface area contributed by atoms with Crippen LogP contribution >= 0.6 is 12.6 Å². The number of aliphatic carboxylic acids is 1. The fourth-order valence-corrected chi connectivity index (χ4v) is 4.40. The second-order valence-corrected chi connectivity index (χ2v) is 9.18. The number of benzene rings is 2. The maximum absolute atomic E-state index is 13.6. The fourth-order valence-electron chi connectivity index (χ4n) is 4.23. The normalized spacial score (nSPS) is 17.6. The Kier molecular flexibility index (Phi) is 9.89. The van der Waals surface area contributed by atoms with Crippen molar-refractivity contribution in [3.63, 3.8) is 0 Å².